The van der Waals surface area contributed by atoms with Crippen molar-refractivity contribution in [2.75, 3.05) is 19.8 Å². The highest BCUT2D eigenvalue weighted by Crippen LogP contribution is 2.24. The van der Waals surface area contributed by atoms with Gasteiger partial charge in [-0.3, -0.25) is 4.79 Å². The lowest BCUT2D eigenvalue weighted by atomic mass is 9.91. The summed E-state index contributed by atoms with van der Waals surface area (Å²) in [6, 6.07) is 1.87. The summed E-state index contributed by atoms with van der Waals surface area (Å²) in [6.07, 6.45) is 2.21. The number of carbonyl (C=O) groups excluding carboxylic acids is 1. The number of ether oxygens (including phenoxy) is 2. The van der Waals surface area contributed by atoms with Gasteiger partial charge in [0.05, 0.1) is 18.7 Å². The van der Waals surface area contributed by atoms with Crippen LogP contribution in [0.15, 0.2) is 10.6 Å². The molecule has 0 aromatic carbocycles. The zero-order valence-electron chi connectivity index (χ0n) is 15.0. The van der Waals surface area contributed by atoms with Crippen LogP contribution in [-0.4, -0.2) is 36.4 Å². The van der Waals surface area contributed by atoms with Crippen LogP contribution in [-0.2, 0) is 26.1 Å². The van der Waals surface area contributed by atoms with E-state index in [-0.39, 0.29) is 17.6 Å². The molecule has 5 nitrogen and oxygen atoms in total. The highest BCUT2D eigenvalue weighted by atomic mass is 16.5. The van der Waals surface area contributed by atoms with Gasteiger partial charge in [-0.25, -0.2) is 0 Å². The predicted molar refractivity (Wildman–Crippen MR) is 87.5 cm³/mol. The van der Waals surface area contributed by atoms with Crippen molar-refractivity contribution >= 4 is 5.78 Å². The average Bonchev–Trinajstić information content (AvgIpc) is 2.95. The summed E-state index contributed by atoms with van der Waals surface area (Å²) < 4.78 is 16.6. The summed E-state index contributed by atoms with van der Waals surface area (Å²) in [5, 5.41) is 4.06. The molecule has 23 heavy (non-hydrogen) atoms. The standard InChI is InChI=1S/C18H29NO4/c1-17(2,3)15-10-14(23-19-15)11-16(20)18(4,5)22-12-13-6-8-21-9-7-13/h10,13H,6-9,11-12H2,1-5H3. The molecule has 1 aliphatic rings. The highest BCUT2D eigenvalue weighted by Gasteiger charge is 2.31. The van der Waals surface area contributed by atoms with Gasteiger partial charge in [-0.05, 0) is 32.6 Å². The van der Waals surface area contributed by atoms with Gasteiger partial charge < -0.3 is 14.0 Å². The molecule has 0 amide bonds. The number of ketones is 1. The molecule has 1 aliphatic heterocycles. The average molecular weight is 323 g/mol. The van der Waals surface area contributed by atoms with Crippen LogP contribution in [0.1, 0.15) is 58.9 Å². The van der Waals surface area contributed by atoms with Gasteiger partial charge in [-0.2, -0.15) is 0 Å². The number of nitrogens with zero attached hydrogens (tertiary/aromatic N) is 1. The van der Waals surface area contributed by atoms with Crippen LogP contribution in [0.4, 0.5) is 0 Å². The molecule has 0 N–H and O–H groups in total. The largest absolute Gasteiger partial charge is 0.381 e. The third-order valence-electron chi connectivity index (χ3n) is 4.35. The first-order valence-electron chi connectivity index (χ1n) is 8.39. The molecular formula is C18H29NO4. The molecule has 1 aromatic rings. The van der Waals surface area contributed by atoms with Gasteiger partial charge in [-0.15, -0.1) is 0 Å². The van der Waals surface area contributed by atoms with Crippen LogP contribution in [0.3, 0.4) is 0 Å². The molecule has 0 unspecified atom stereocenters. The fourth-order valence-electron chi connectivity index (χ4n) is 2.44. The van der Waals surface area contributed by atoms with Gasteiger partial charge in [0.1, 0.15) is 11.4 Å². The fraction of sp³-hybridized carbons (Fsp3) is 0.778. The maximum atomic E-state index is 12.5. The number of carbonyl (C=O) groups is 1. The molecule has 0 radical (unpaired) electrons. The first-order chi connectivity index (χ1) is 10.7. The number of Topliss-reactive ketones (excluding diaryl/α,β-unsaturated/α-hetero) is 1. The Kier molecular flexibility index (Phi) is 5.63. The van der Waals surface area contributed by atoms with Crippen molar-refractivity contribution in [1.82, 2.24) is 5.16 Å². The van der Waals surface area contributed by atoms with E-state index in [1.807, 2.05) is 19.9 Å². The van der Waals surface area contributed by atoms with E-state index in [0.29, 0.717) is 18.3 Å². The molecular weight excluding hydrogens is 294 g/mol. The van der Waals surface area contributed by atoms with Gasteiger partial charge >= 0.3 is 0 Å². The Morgan fingerprint density at radius 3 is 2.48 bits per heavy atom. The van der Waals surface area contributed by atoms with Crippen LogP contribution in [0, 0.1) is 5.92 Å². The smallest absolute Gasteiger partial charge is 0.171 e. The Balaban J connectivity index is 1.88. The zero-order valence-corrected chi connectivity index (χ0v) is 15.0. The lowest BCUT2D eigenvalue weighted by molar-refractivity contribution is -0.142. The second kappa shape index (κ2) is 7.14. The Hall–Kier alpha value is -1.20. The number of hydrogen-bond acceptors (Lipinski definition) is 5. The minimum atomic E-state index is -0.813. The van der Waals surface area contributed by atoms with Crippen LogP contribution >= 0.6 is 0 Å². The van der Waals surface area contributed by atoms with Gasteiger partial charge in [0.25, 0.3) is 0 Å². The second-order valence-electron chi connectivity index (χ2n) is 7.91. The molecule has 5 heteroatoms. The Morgan fingerprint density at radius 1 is 1.26 bits per heavy atom. The van der Waals surface area contributed by atoms with E-state index in [2.05, 4.69) is 25.9 Å². The molecule has 0 saturated carbocycles. The minimum Gasteiger partial charge on any atom is -0.381 e. The zero-order chi connectivity index (χ0) is 17.1. The van der Waals surface area contributed by atoms with Gasteiger partial charge in [0.15, 0.2) is 5.78 Å². The van der Waals surface area contributed by atoms with E-state index in [1.54, 1.807) is 0 Å². The Bertz CT molecular complexity index is 521. The van der Waals surface area contributed by atoms with Gasteiger partial charge in [-0.1, -0.05) is 25.9 Å². The van der Waals surface area contributed by atoms with Gasteiger partial charge in [0, 0.05) is 24.7 Å². The first-order valence-corrected chi connectivity index (χ1v) is 8.39. The fourth-order valence-corrected chi connectivity index (χ4v) is 2.44. The van der Waals surface area contributed by atoms with Crippen LogP contribution in [0.5, 0.6) is 0 Å². The van der Waals surface area contributed by atoms with E-state index < -0.39 is 5.60 Å². The predicted octanol–water partition coefficient (Wildman–Crippen LogP) is 3.31. The van der Waals surface area contributed by atoms with Crippen molar-refractivity contribution < 1.29 is 18.8 Å². The molecule has 1 fully saturated rings. The minimum absolute atomic E-state index is 0.0150. The van der Waals surface area contributed by atoms with Crippen molar-refractivity contribution in [3.8, 4) is 0 Å². The maximum Gasteiger partial charge on any atom is 0.171 e. The quantitative estimate of drug-likeness (QED) is 0.804. The van der Waals surface area contributed by atoms with E-state index in [1.165, 1.54) is 0 Å². The maximum absolute atomic E-state index is 12.5. The van der Waals surface area contributed by atoms with E-state index >= 15 is 0 Å². The van der Waals surface area contributed by atoms with E-state index in [9.17, 15) is 4.79 Å². The number of aromatic nitrogens is 1. The lowest BCUT2D eigenvalue weighted by Crippen LogP contribution is -2.38. The van der Waals surface area contributed by atoms with Gasteiger partial charge in [0.2, 0.25) is 0 Å². The van der Waals surface area contributed by atoms with Crippen molar-refractivity contribution in [2.24, 2.45) is 5.92 Å². The van der Waals surface area contributed by atoms with Crippen molar-refractivity contribution in [1.29, 1.82) is 0 Å². The number of hydrogen-bond donors (Lipinski definition) is 0. The molecule has 2 heterocycles. The monoisotopic (exact) mass is 323 g/mol. The SMILES string of the molecule is CC(C)(OCC1CCOCC1)C(=O)Cc1cc(C(C)(C)C)no1. The summed E-state index contributed by atoms with van der Waals surface area (Å²) in [6.45, 7) is 12.0. The molecule has 0 spiro atoms. The molecule has 0 aliphatic carbocycles. The van der Waals surface area contributed by atoms with Crippen molar-refractivity contribution in [3.63, 3.8) is 0 Å². The summed E-state index contributed by atoms with van der Waals surface area (Å²) >= 11 is 0. The summed E-state index contributed by atoms with van der Waals surface area (Å²) in [5.74, 6) is 1.09. The number of rotatable bonds is 6. The molecule has 0 atom stereocenters. The third-order valence-corrected chi connectivity index (χ3v) is 4.35. The first kappa shape index (κ1) is 18.1. The van der Waals surface area contributed by atoms with E-state index in [0.717, 1.165) is 31.7 Å². The van der Waals surface area contributed by atoms with Crippen LogP contribution in [0.25, 0.3) is 0 Å². The van der Waals surface area contributed by atoms with Crippen molar-refractivity contribution in [2.45, 2.75) is 64.9 Å². The molecule has 2 rings (SSSR count). The van der Waals surface area contributed by atoms with Crippen LogP contribution in [0.2, 0.25) is 0 Å². The Labute approximate surface area is 138 Å². The summed E-state index contributed by atoms with van der Waals surface area (Å²) in [7, 11) is 0. The topological polar surface area (TPSA) is 61.6 Å². The lowest BCUT2D eigenvalue weighted by Gasteiger charge is -2.28. The normalized spacial score (nSPS) is 17.4. The molecule has 0 bridgehead atoms. The van der Waals surface area contributed by atoms with E-state index in [4.69, 9.17) is 14.0 Å². The van der Waals surface area contributed by atoms with Crippen molar-refractivity contribution in [3.05, 3.63) is 17.5 Å². The second-order valence-corrected chi connectivity index (χ2v) is 7.91. The third kappa shape index (κ3) is 5.15. The Morgan fingerprint density at radius 2 is 1.91 bits per heavy atom. The van der Waals surface area contributed by atoms with Crippen LogP contribution < -0.4 is 0 Å². The molecule has 130 valence electrons. The molecule has 1 aromatic heterocycles. The highest BCUT2D eigenvalue weighted by molar-refractivity contribution is 5.88. The summed E-state index contributed by atoms with van der Waals surface area (Å²) in [4.78, 5) is 12.5. The summed E-state index contributed by atoms with van der Waals surface area (Å²) in [5.41, 5.74) is -0.0337. The molecule has 1 saturated heterocycles.